The van der Waals surface area contributed by atoms with Gasteiger partial charge in [0.05, 0.1) is 0 Å². The molecule has 9 heteroatoms. The third kappa shape index (κ3) is 4.41. The number of hydrogen-bond donors (Lipinski definition) is 2. The van der Waals surface area contributed by atoms with E-state index in [0.29, 0.717) is 38.0 Å². The fraction of sp³-hybridized carbons (Fsp3) is 0.474. The Morgan fingerprint density at radius 1 is 1.29 bits per heavy atom. The summed E-state index contributed by atoms with van der Waals surface area (Å²) in [6.45, 7) is 7.82. The lowest BCUT2D eigenvalue weighted by Gasteiger charge is -2.34. The molecule has 0 aliphatic carbocycles. The Morgan fingerprint density at radius 3 is 2.61 bits per heavy atom. The predicted molar refractivity (Wildman–Crippen MR) is 107 cm³/mol. The molecule has 3 rings (SSSR count). The number of nitrogens with one attached hydrogen (secondary N) is 2. The van der Waals surface area contributed by atoms with E-state index in [9.17, 15) is 4.79 Å². The van der Waals surface area contributed by atoms with E-state index in [4.69, 9.17) is 14.7 Å². The van der Waals surface area contributed by atoms with Gasteiger partial charge in [-0.05, 0) is 26.8 Å². The van der Waals surface area contributed by atoms with Crippen LogP contribution in [0.25, 0.3) is 11.4 Å². The highest BCUT2D eigenvalue weighted by Crippen LogP contribution is 2.25. The molecular formula is C19H26N6O3. The average molecular weight is 386 g/mol. The number of piperazine rings is 1. The molecule has 0 radical (unpaired) electrons. The van der Waals surface area contributed by atoms with Crippen molar-refractivity contribution in [1.29, 1.82) is 5.41 Å². The van der Waals surface area contributed by atoms with Crippen LogP contribution in [0.3, 0.4) is 0 Å². The van der Waals surface area contributed by atoms with Crippen LogP contribution in [-0.2, 0) is 4.74 Å². The first-order chi connectivity index (χ1) is 13.3. The van der Waals surface area contributed by atoms with Crippen molar-refractivity contribution in [2.45, 2.75) is 26.4 Å². The van der Waals surface area contributed by atoms with Crippen LogP contribution in [0.15, 0.2) is 22.7 Å². The molecule has 0 atom stereocenters. The Labute approximate surface area is 164 Å². The second-order valence-corrected chi connectivity index (χ2v) is 7.55. The second kappa shape index (κ2) is 7.87. The lowest BCUT2D eigenvalue weighted by atomic mass is 10.1. The van der Waals surface area contributed by atoms with Gasteiger partial charge in [-0.15, -0.1) is 0 Å². The van der Waals surface area contributed by atoms with Crippen molar-refractivity contribution in [2.24, 2.45) is 0 Å². The topological polar surface area (TPSA) is 108 Å². The molecule has 9 nitrogen and oxygen atoms in total. The van der Waals surface area contributed by atoms with Gasteiger partial charge in [0.25, 0.3) is 0 Å². The SMILES string of the molecule is CNc1cc(-c2noc(N3CCN(C(=O)OC(C)(C)C)CC3)n2)ccc1C=N. The van der Waals surface area contributed by atoms with Gasteiger partial charge in [0.15, 0.2) is 0 Å². The molecule has 0 bridgehead atoms. The molecule has 28 heavy (non-hydrogen) atoms. The van der Waals surface area contributed by atoms with Gasteiger partial charge >= 0.3 is 12.1 Å². The summed E-state index contributed by atoms with van der Waals surface area (Å²) in [6.07, 6.45) is 0.991. The van der Waals surface area contributed by atoms with Crippen LogP contribution in [0, 0.1) is 5.41 Å². The van der Waals surface area contributed by atoms with E-state index in [1.807, 2.05) is 43.9 Å². The Balaban J connectivity index is 1.66. The molecule has 0 spiro atoms. The predicted octanol–water partition coefficient (Wildman–Crippen LogP) is 2.83. The molecule has 1 aromatic carbocycles. The molecule has 1 aliphatic rings. The number of anilines is 2. The van der Waals surface area contributed by atoms with Crippen LogP contribution in [0.5, 0.6) is 0 Å². The van der Waals surface area contributed by atoms with Gasteiger partial charge in [-0.2, -0.15) is 4.98 Å². The van der Waals surface area contributed by atoms with Gasteiger partial charge < -0.3 is 29.8 Å². The summed E-state index contributed by atoms with van der Waals surface area (Å²) >= 11 is 0. The Bertz CT molecular complexity index is 850. The van der Waals surface area contributed by atoms with E-state index >= 15 is 0 Å². The first kappa shape index (κ1) is 19.7. The van der Waals surface area contributed by atoms with E-state index < -0.39 is 5.60 Å². The summed E-state index contributed by atoms with van der Waals surface area (Å²) in [5, 5.41) is 14.6. The number of carbonyl (C=O) groups excluding carboxylic acids is 1. The quantitative estimate of drug-likeness (QED) is 0.778. The van der Waals surface area contributed by atoms with Gasteiger partial charge in [0.2, 0.25) is 5.82 Å². The zero-order valence-corrected chi connectivity index (χ0v) is 16.7. The molecule has 1 saturated heterocycles. The minimum Gasteiger partial charge on any atom is -0.444 e. The maximum atomic E-state index is 12.2. The summed E-state index contributed by atoms with van der Waals surface area (Å²) in [5.41, 5.74) is 1.91. The number of hydrogen-bond acceptors (Lipinski definition) is 8. The molecular weight excluding hydrogens is 360 g/mol. The smallest absolute Gasteiger partial charge is 0.410 e. The summed E-state index contributed by atoms with van der Waals surface area (Å²) < 4.78 is 10.8. The number of aromatic nitrogens is 2. The lowest BCUT2D eigenvalue weighted by molar-refractivity contribution is 0.0238. The number of nitrogens with zero attached hydrogens (tertiary/aromatic N) is 4. The number of carbonyl (C=O) groups is 1. The summed E-state index contributed by atoms with van der Waals surface area (Å²) in [6, 6.07) is 6.01. The maximum Gasteiger partial charge on any atom is 0.410 e. The van der Waals surface area contributed by atoms with E-state index in [2.05, 4.69) is 15.5 Å². The molecule has 2 aromatic rings. The normalized spacial score (nSPS) is 14.7. The van der Waals surface area contributed by atoms with Gasteiger partial charge in [0.1, 0.15) is 5.60 Å². The first-order valence-electron chi connectivity index (χ1n) is 9.20. The van der Waals surface area contributed by atoms with E-state index in [0.717, 1.165) is 16.8 Å². The minimum absolute atomic E-state index is 0.302. The van der Waals surface area contributed by atoms with E-state index in [1.165, 1.54) is 6.21 Å². The second-order valence-electron chi connectivity index (χ2n) is 7.55. The summed E-state index contributed by atoms with van der Waals surface area (Å²) in [7, 11) is 1.80. The van der Waals surface area contributed by atoms with Crippen molar-refractivity contribution >= 4 is 24.0 Å². The molecule has 1 aliphatic heterocycles. The molecule has 0 saturated carbocycles. The molecule has 150 valence electrons. The largest absolute Gasteiger partial charge is 0.444 e. The third-order valence-electron chi connectivity index (χ3n) is 4.35. The molecule has 1 aromatic heterocycles. The minimum atomic E-state index is -0.505. The maximum absolute atomic E-state index is 12.2. The number of amides is 1. The zero-order chi connectivity index (χ0) is 20.3. The molecule has 1 fully saturated rings. The van der Waals surface area contributed by atoms with Gasteiger partial charge in [-0.3, -0.25) is 0 Å². The Kier molecular flexibility index (Phi) is 5.53. The van der Waals surface area contributed by atoms with Crippen molar-refractivity contribution < 1.29 is 14.1 Å². The lowest BCUT2D eigenvalue weighted by Crippen LogP contribution is -2.50. The third-order valence-corrected chi connectivity index (χ3v) is 4.35. The number of rotatable bonds is 4. The van der Waals surface area contributed by atoms with E-state index in [1.54, 1.807) is 11.9 Å². The van der Waals surface area contributed by atoms with Gasteiger partial charge in [0, 0.05) is 56.3 Å². The Hall–Kier alpha value is -3.10. The van der Waals surface area contributed by atoms with Crippen LogP contribution in [0.1, 0.15) is 26.3 Å². The zero-order valence-electron chi connectivity index (χ0n) is 16.7. The number of ether oxygens (including phenoxy) is 1. The van der Waals surface area contributed by atoms with Crippen LogP contribution >= 0.6 is 0 Å². The highest BCUT2D eigenvalue weighted by molar-refractivity contribution is 5.87. The van der Waals surface area contributed by atoms with Crippen LogP contribution < -0.4 is 10.2 Å². The average Bonchev–Trinajstić information content (AvgIpc) is 3.16. The molecule has 0 unspecified atom stereocenters. The monoisotopic (exact) mass is 386 g/mol. The molecule has 2 heterocycles. The van der Waals surface area contributed by atoms with Gasteiger partial charge in [-0.1, -0.05) is 17.3 Å². The van der Waals surface area contributed by atoms with Crippen LogP contribution in [0.2, 0.25) is 0 Å². The highest BCUT2D eigenvalue weighted by atomic mass is 16.6. The molecule has 1 amide bonds. The summed E-state index contributed by atoms with van der Waals surface area (Å²) in [5.74, 6) is 0.484. The molecule has 2 N–H and O–H groups in total. The van der Waals surface area contributed by atoms with Crippen molar-refractivity contribution in [3.63, 3.8) is 0 Å². The standard InChI is InChI=1S/C19H26N6O3/c1-19(2,3)27-18(26)25-9-7-24(8-10-25)17-22-16(23-28-17)13-5-6-14(12-20)15(11-13)21-4/h5-6,11-12,20-21H,7-10H2,1-4H3. The van der Waals surface area contributed by atoms with Crippen molar-refractivity contribution in [2.75, 3.05) is 43.4 Å². The number of benzene rings is 1. The highest BCUT2D eigenvalue weighted by Gasteiger charge is 2.27. The fourth-order valence-corrected chi connectivity index (χ4v) is 2.91. The first-order valence-corrected chi connectivity index (χ1v) is 9.20. The van der Waals surface area contributed by atoms with Crippen LogP contribution in [0.4, 0.5) is 16.5 Å². The van der Waals surface area contributed by atoms with Crippen molar-refractivity contribution in [1.82, 2.24) is 15.0 Å². The fourth-order valence-electron chi connectivity index (χ4n) is 2.91. The van der Waals surface area contributed by atoms with Crippen molar-refractivity contribution in [3.8, 4) is 11.4 Å². The van der Waals surface area contributed by atoms with Gasteiger partial charge in [-0.25, -0.2) is 4.79 Å². The van der Waals surface area contributed by atoms with Crippen LogP contribution in [-0.4, -0.2) is 66.2 Å². The summed E-state index contributed by atoms with van der Waals surface area (Å²) in [4.78, 5) is 20.3. The van der Waals surface area contributed by atoms with E-state index in [-0.39, 0.29) is 6.09 Å². The van der Waals surface area contributed by atoms with Crippen molar-refractivity contribution in [3.05, 3.63) is 23.8 Å². The Morgan fingerprint density at radius 2 is 2.00 bits per heavy atom.